The molecule has 1 fully saturated rings. The van der Waals surface area contributed by atoms with Gasteiger partial charge in [-0.2, -0.15) is 0 Å². The van der Waals surface area contributed by atoms with Crippen molar-refractivity contribution in [2.24, 2.45) is 0 Å². The smallest absolute Gasteiger partial charge is 0.331 e. The van der Waals surface area contributed by atoms with Crippen molar-refractivity contribution in [3.63, 3.8) is 0 Å². The summed E-state index contributed by atoms with van der Waals surface area (Å²) in [5.74, 6) is -1.31. The third-order valence-electron chi connectivity index (χ3n) is 4.75. The van der Waals surface area contributed by atoms with Gasteiger partial charge < -0.3 is 15.4 Å². The molecule has 1 saturated carbocycles. The van der Waals surface area contributed by atoms with Gasteiger partial charge in [0, 0.05) is 17.0 Å². The number of para-hydroxylation sites is 1. The van der Waals surface area contributed by atoms with Crippen molar-refractivity contribution in [3.8, 4) is 0 Å². The molecule has 0 bridgehead atoms. The van der Waals surface area contributed by atoms with E-state index in [1.54, 1.807) is 30.3 Å². The maximum atomic E-state index is 12.5. The molecule has 152 valence electrons. The molecule has 7 heteroatoms. The van der Waals surface area contributed by atoms with Gasteiger partial charge >= 0.3 is 5.97 Å². The van der Waals surface area contributed by atoms with Gasteiger partial charge in [-0.3, -0.25) is 9.59 Å². The summed E-state index contributed by atoms with van der Waals surface area (Å²) >= 11 is 1.52. The van der Waals surface area contributed by atoms with E-state index in [1.165, 1.54) is 17.4 Å². The number of benzene rings is 1. The Balaban J connectivity index is 1.52. The van der Waals surface area contributed by atoms with Crippen molar-refractivity contribution in [3.05, 3.63) is 57.8 Å². The lowest BCUT2D eigenvalue weighted by molar-refractivity contribution is -0.142. The quantitative estimate of drug-likeness (QED) is 0.533. The molecule has 1 aromatic carbocycles. The van der Waals surface area contributed by atoms with Crippen molar-refractivity contribution in [2.75, 3.05) is 11.9 Å². The fourth-order valence-electron chi connectivity index (χ4n) is 3.19. The molecule has 0 aliphatic heterocycles. The Hall–Kier alpha value is -2.93. The molecular weight excluding hydrogens is 388 g/mol. The summed E-state index contributed by atoms with van der Waals surface area (Å²) < 4.78 is 4.99. The number of carbonyl (C=O) groups is 3. The fourth-order valence-corrected chi connectivity index (χ4v) is 4.01. The van der Waals surface area contributed by atoms with Crippen LogP contribution in [0.2, 0.25) is 0 Å². The average molecular weight is 413 g/mol. The molecule has 0 unspecified atom stereocenters. The van der Waals surface area contributed by atoms with Crippen LogP contribution in [0.4, 0.5) is 5.69 Å². The maximum Gasteiger partial charge on any atom is 0.331 e. The molecule has 1 aromatic heterocycles. The predicted octanol–water partition coefficient (Wildman–Crippen LogP) is 3.92. The van der Waals surface area contributed by atoms with E-state index in [-0.39, 0.29) is 11.9 Å². The number of thiophene rings is 1. The number of hydrogen-bond donors (Lipinski definition) is 2. The van der Waals surface area contributed by atoms with Gasteiger partial charge in [-0.05, 0) is 55.0 Å². The molecule has 0 spiro atoms. The van der Waals surface area contributed by atoms with Crippen LogP contribution < -0.4 is 10.6 Å². The molecule has 1 heterocycles. The molecule has 0 atom stereocenters. The number of ether oxygens (including phenoxy) is 1. The van der Waals surface area contributed by atoms with Crippen LogP contribution in [-0.4, -0.2) is 30.4 Å². The second kappa shape index (κ2) is 10.0. The molecule has 1 aliphatic rings. The van der Waals surface area contributed by atoms with Crippen LogP contribution in [0.3, 0.4) is 0 Å². The number of nitrogens with one attached hydrogen (secondary N) is 2. The number of rotatable bonds is 7. The maximum absolute atomic E-state index is 12.5. The van der Waals surface area contributed by atoms with E-state index in [2.05, 4.69) is 10.6 Å². The summed E-state index contributed by atoms with van der Waals surface area (Å²) in [6, 6.07) is 8.95. The third-order valence-corrected chi connectivity index (χ3v) is 5.74. The largest absolute Gasteiger partial charge is 0.452 e. The van der Waals surface area contributed by atoms with Crippen molar-refractivity contribution in [2.45, 2.75) is 38.6 Å². The van der Waals surface area contributed by atoms with Crippen LogP contribution in [0.15, 0.2) is 41.8 Å². The topological polar surface area (TPSA) is 84.5 Å². The third kappa shape index (κ3) is 6.02. The lowest BCUT2D eigenvalue weighted by atomic mass is 10.1. The predicted molar refractivity (Wildman–Crippen MR) is 114 cm³/mol. The Kier molecular flexibility index (Phi) is 7.19. The van der Waals surface area contributed by atoms with Crippen molar-refractivity contribution < 1.29 is 19.1 Å². The minimum atomic E-state index is -0.597. The summed E-state index contributed by atoms with van der Waals surface area (Å²) in [7, 11) is 0. The highest BCUT2D eigenvalue weighted by atomic mass is 32.1. The van der Waals surface area contributed by atoms with Crippen molar-refractivity contribution in [1.82, 2.24) is 5.32 Å². The molecule has 0 saturated heterocycles. The standard InChI is InChI=1S/C22H24N2O4S/c1-15-12-13-29-19(15)10-11-21(26)28-14-20(25)24-18-9-5-4-8-17(18)22(27)23-16-6-2-3-7-16/h4-5,8-13,16H,2-3,6-7,14H2,1H3,(H,23,27)(H,24,25)/b11-10+. The number of aryl methyl sites for hydroxylation is 1. The zero-order valence-electron chi connectivity index (χ0n) is 16.3. The van der Waals surface area contributed by atoms with Gasteiger partial charge in [0.15, 0.2) is 6.61 Å². The van der Waals surface area contributed by atoms with E-state index in [0.717, 1.165) is 36.1 Å². The molecule has 6 nitrogen and oxygen atoms in total. The summed E-state index contributed by atoms with van der Waals surface area (Å²) in [5, 5.41) is 7.60. The lowest BCUT2D eigenvalue weighted by Crippen LogP contribution is -2.33. The van der Waals surface area contributed by atoms with Crippen LogP contribution in [-0.2, 0) is 14.3 Å². The van der Waals surface area contributed by atoms with Gasteiger partial charge in [0.2, 0.25) is 0 Å². The number of hydrogen-bond acceptors (Lipinski definition) is 5. The fraction of sp³-hybridized carbons (Fsp3) is 0.318. The second-order valence-electron chi connectivity index (χ2n) is 6.96. The van der Waals surface area contributed by atoms with E-state index in [4.69, 9.17) is 4.74 Å². The SMILES string of the molecule is Cc1ccsc1/C=C/C(=O)OCC(=O)Nc1ccccc1C(=O)NC1CCCC1. The number of carbonyl (C=O) groups excluding carboxylic acids is 3. The molecule has 2 aromatic rings. The Labute approximate surface area is 174 Å². The average Bonchev–Trinajstić information content (AvgIpc) is 3.36. The van der Waals surface area contributed by atoms with E-state index < -0.39 is 18.5 Å². The molecule has 2 amide bonds. The highest BCUT2D eigenvalue weighted by molar-refractivity contribution is 7.11. The van der Waals surface area contributed by atoms with Crippen LogP contribution >= 0.6 is 11.3 Å². The summed E-state index contributed by atoms with van der Waals surface area (Å²) in [6.45, 7) is 1.53. The lowest BCUT2D eigenvalue weighted by Gasteiger charge is -2.15. The summed E-state index contributed by atoms with van der Waals surface area (Å²) in [6.07, 6.45) is 7.17. The first-order chi connectivity index (χ1) is 14.0. The first-order valence-electron chi connectivity index (χ1n) is 9.61. The minimum Gasteiger partial charge on any atom is -0.452 e. The highest BCUT2D eigenvalue weighted by Crippen LogP contribution is 2.20. The van der Waals surface area contributed by atoms with Crippen molar-refractivity contribution >= 4 is 40.9 Å². The Morgan fingerprint density at radius 3 is 2.66 bits per heavy atom. The zero-order valence-corrected chi connectivity index (χ0v) is 17.1. The first kappa shape index (κ1) is 20.8. The monoisotopic (exact) mass is 412 g/mol. The Bertz CT molecular complexity index is 913. The number of anilines is 1. The molecule has 0 radical (unpaired) electrons. The molecule has 29 heavy (non-hydrogen) atoms. The molecular formula is C22H24N2O4S. The van der Waals surface area contributed by atoms with Crippen LogP contribution in [0.1, 0.15) is 46.5 Å². The number of amides is 2. The Morgan fingerprint density at radius 2 is 1.93 bits per heavy atom. The van der Waals surface area contributed by atoms with E-state index in [0.29, 0.717) is 11.3 Å². The van der Waals surface area contributed by atoms with Crippen LogP contribution in [0.5, 0.6) is 0 Å². The van der Waals surface area contributed by atoms with E-state index in [9.17, 15) is 14.4 Å². The van der Waals surface area contributed by atoms with Gasteiger partial charge in [-0.15, -0.1) is 11.3 Å². The molecule has 1 aliphatic carbocycles. The molecule has 3 rings (SSSR count). The first-order valence-corrected chi connectivity index (χ1v) is 10.5. The van der Waals surface area contributed by atoms with E-state index >= 15 is 0 Å². The highest BCUT2D eigenvalue weighted by Gasteiger charge is 2.20. The van der Waals surface area contributed by atoms with Gasteiger partial charge in [-0.1, -0.05) is 25.0 Å². The van der Waals surface area contributed by atoms with Crippen LogP contribution in [0.25, 0.3) is 6.08 Å². The van der Waals surface area contributed by atoms with Crippen molar-refractivity contribution in [1.29, 1.82) is 0 Å². The van der Waals surface area contributed by atoms with Gasteiger partial charge in [-0.25, -0.2) is 4.79 Å². The second-order valence-corrected chi connectivity index (χ2v) is 7.91. The minimum absolute atomic E-state index is 0.186. The normalized spacial score (nSPS) is 14.1. The van der Waals surface area contributed by atoms with Crippen LogP contribution in [0, 0.1) is 6.92 Å². The van der Waals surface area contributed by atoms with E-state index in [1.807, 2.05) is 18.4 Å². The van der Waals surface area contributed by atoms with Gasteiger partial charge in [0.1, 0.15) is 0 Å². The summed E-state index contributed by atoms with van der Waals surface area (Å²) in [4.78, 5) is 37.5. The molecule has 2 N–H and O–H groups in total. The van der Waals surface area contributed by atoms with Gasteiger partial charge in [0.25, 0.3) is 11.8 Å². The summed E-state index contributed by atoms with van der Waals surface area (Å²) in [5.41, 5.74) is 1.87. The number of esters is 1. The Morgan fingerprint density at radius 1 is 1.17 bits per heavy atom. The zero-order chi connectivity index (χ0) is 20.6. The van der Waals surface area contributed by atoms with Gasteiger partial charge in [0.05, 0.1) is 11.3 Å².